The Morgan fingerprint density at radius 1 is 1.31 bits per heavy atom. The van der Waals surface area contributed by atoms with Crippen LogP contribution in [0, 0.1) is 11.3 Å². The van der Waals surface area contributed by atoms with E-state index in [1.807, 2.05) is 38.1 Å². The predicted octanol–water partition coefficient (Wildman–Crippen LogP) is 7.35. The molecule has 0 aromatic heterocycles. The van der Waals surface area contributed by atoms with E-state index in [-0.39, 0.29) is 11.5 Å². The molecule has 0 spiro atoms. The highest BCUT2D eigenvalue weighted by molar-refractivity contribution is 5.83. The molecule has 0 fully saturated rings. The summed E-state index contributed by atoms with van der Waals surface area (Å²) in [6.07, 6.45) is 10.3. The molecule has 0 aliphatic heterocycles. The highest BCUT2D eigenvalue weighted by atomic mass is 16.5. The Bertz CT molecular complexity index is 895. The van der Waals surface area contributed by atoms with Crippen LogP contribution in [0.25, 0.3) is 5.57 Å². The lowest BCUT2D eigenvalue weighted by Gasteiger charge is -2.36. The molecule has 0 radical (unpaired) electrons. The van der Waals surface area contributed by atoms with Crippen molar-refractivity contribution in [3.63, 3.8) is 0 Å². The van der Waals surface area contributed by atoms with Crippen molar-refractivity contribution in [2.75, 3.05) is 0 Å². The molecule has 1 aromatic carbocycles. The third-order valence-corrected chi connectivity index (χ3v) is 5.94. The van der Waals surface area contributed by atoms with Crippen molar-refractivity contribution in [2.24, 2.45) is 11.3 Å². The molecule has 0 bridgehead atoms. The molecule has 1 aliphatic carbocycles. The monoisotopic (exact) mass is 390 g/mol. The zero-order valence-electron chi connectivity index (χ0n) is 18.7. The van der Waals surface area contributed by atoms with Crippen molar-refractivity contribution in [1.82, 2.24) is 0 Å². The zero-order chi connectivity index (χ0) is 21.8. The summed E-state index contributed by atoms with van der Waals surface area (Å²) in [4.78, 5) is 11.4. The van der Waals surface area contributed by atoms with E-state index < -0.39 is 0 Å². The molecular formula is C27H34O2. The van der Waals surface area contributed by atoms with Crippen molar-refractivity contribution in [2.45, 2.75) is 54.1 Å². The summed E-state index contributed by atoms with van der Waals surface area (Å²) < 4.78 is 5.87. The first-order valence-corrected chi connectivity index (χ1v) is 10.3. The van der Waals surface area contributed by atoms with E-state index in [0.717, 1.165) is 29.4 Å². The van der Waals surface area contributed by atoms with Crippen LogP contribution in [0.4, 0.5) is 0 Å². The smallest absolute Gasteiger partial charge is 0.153 e. The number of allylic oxidation sites excluding steroid dienone is 8. The summed E-state index contributed by atoms with van der Waals surface area (Å²) in [6.45, 7) is 20.9. The quantitative estimate of drug-likeness (QED) is 0.342. The van der Waals surface area contributed by atoms with Gasteiger partial charge in [-0.1, -0.05) is 67.5 Å². The van der Waals surface area contributed by atoms with E-state index in [4.69, 9.17) is 4.74 Å². The number of hydrogen-bond donors (Lipinski definition) is 0. The Labute approximate surface area is 176 Å². The normalized spacial score (nSPS) is 18.7. The van der Waals surface area contributed by atoms with Gasteiger partial charge >= 0.3 is 0 Å². The molecule has 0 saturated heterocycles. The summed E-state index contributed by atoms with van der Waals surface area (Å²) in [7, 11) is 0. The van der Waals surface area contributed by atoms with Crippen LogP contribution in [0.5, 0.6) is 5.75 Å². The molecule has 0 N–H and O–H groups in total. The minimum atomic E-state index is -0.129. The van der Waals surface area contributed by atoms with Crippen molar-refractivity contribution < 1.29 is 9.53 Å². The second-order valence-electron chi connectivity index (χ2n) is 8.50. The Kier molecular flexibility index (Phi) is 7.24. The van der Waals surface area contributed by atoms with Crippen LogP contribution in [0.2, 0.25) is 0 Å². The van der Waals surface area contributed by atoms with Crippen LogP contribution in [-0.4, -0.2) is 12.4 Å². The van der Waals surface area contributed by atoms with Gasteiger partial charge in [-0.15, -0.1) is 6.58 Å². The van der Waals surface area contributed by atoms with Crippen molar-refractivity contribution in [1.29, 1.82) is 0 Å². The van der Waals surface area contributed by atoms with Gasteiger partial charge in [-0.25, -0.2) is 0 Å². The van der Waals surface area contributed by atoms with E-state index in [1.54, 1.807) is 0 Å². The number of benzene rings is 1. The summed E-state index contributed by atoms with van der Waals surface area (Å²) in [5, 5.41) is 0. The molecule has 2 heteroatoms. The number of aldehydes is 1. The average molecular weight is 391 g/mol. The van der Waals surface area contributed by atoms with Gasteiger partial charge in [0.25, 0.3) is 0 Å². The maximum Gasteiger partial charge on any atom is 0.153 e. The number of hydrogen-bond acceptors (Lipinski definition) is 2. The van der Waals surface area contributed by atoms with Gasteiger partial charge in [0.15, 0.2) is 6.29 Å². The minimum Gasteiger partial charge on any atom is -0.490 e. The summed E-state index contributed by atoms with van der Waals surface area (Å²) in [6, 6.07) is 5.78. The van der Waals surface area contributed by atoms with Gasteiger partial charge in [0.2, 0.25) is 0 Å². The lowest BCUT2D eigenvalue weighted by Crippen LogP contribution is -2.24. The van der Waals surface area contributed by atoms with Gasteiger partial charge in [0, 0.05) is 5.41 Å². The van der Waals surface area contributed by atoms with E-state index in [9.17, 15) is 4.79 Å². The van der Waals surface area contributed by atoms with Crippen molar-refractivity contribution in [3.8, 4) is 5.75 Å². The van der Waals surface area contributed by atoms with Crippen molar-refractivity contribution in [3.05, 3.63) is 83.5 Å². The number of carbonyl (C=O) groups is 1. The molecule has 0 amide bonds. The van der Waals surface area contributed by atoms with E-state index in [1.165, 1.54) is 11.1 Å². The van der Waals surface area contributed by atoms with Crippen LogP contribution in [-0.2, 0) is 0 Å². The van der Waals surface area contributed by atoms with E-state index in [0.29, 0.717) is 17.2 Å². The fraction of sp³-hybridized carbons (Fsp3) is 0.370. The Morgan fingerprint density at radius 3 is 2.55 bits per heavy atom. The first kappa shape index (κ1) is 22.7. The van der Waals surface area contributed by atoms with Gasteiger partial charge < -0.3 is 4.74 Å². The number of rotatable bonds is 8. The van der Waals surface area contributed by atoms with Crippen LogP contribution < -0.4 is 4.74 Å². The standard InChI is InChI=1S/C27H34O2/c1-9-14-27(8,18(2)3)25-13-12-22(15-20(6)21(25)7)23-10-11-24(17-28)26(16-23)29-19(4)5/h9-13,15-17,19,21H,1-2,14H2,3-8H3. The third-order valence-electron chi connectivity index (χ3n) is 5.94. The molecule has 2 rings (SSSR count). The molecular weight excluding hydrogens is 356 g/mol. The van der Waals surface area contributed by atoms with E-state index in [2.05, 4.69) is 59.1 Å². The third kappa shape index (κ3) is 4.87. The molecule has 1 aliphatic rings. The average Bonchev–Trinajstić information content (AvgIpc) is 2.80. The maximum absolute atomic E-state index is 11.4. The van der Waals surface area contributed by atoms with Crippen LogP contribution in [0.3, 0.4) is 0 Å². The summed E-state index contributed by atoms with van der Waals surface area (Å²) in [5.41, 5.74) is 6.37. The van der Waals surface area contributed by atoms with E-state index >= 15 is 0 Å². The summed E-state index contributed by atoms with van der Waals surface area (Å²) >= 11 is 0. The maximum atomic E-state index is 11.4. The molecule has 2 unspecified atom stereocenters. The van der Waals surface area contributed by atoms with Crippen LogP contribution >= 0.6 is 0 Å². The molecule has 2 atom stereocenters. The number of carbonyl (C=O) groups excluding carboxylic acids is 1. The molecule has 0 saturated carbocycles. The fourth-order valence-corrected chi connectivity index (χ4v) is 3.82. The lowest BCUT2D eigenvalue weighted by molar-refractivity contribution is 0.111. The first-order valence-electron chi connectivity index (χ1n) is 10.3. The molecule has 1 aromatic rings. The largest absolute Gasteiger partial charge is 0.490 e. The molecule has 2 nitrogen and oxygen atoms in total. The van der Waals surface area contributed by atoms with Gasteiger partial charge in [0.05, 0.1) is 11.7 Å². The second-order valence-corrected chi connectivity index (χ2v) is 8.50. The topological polar surface area (TPSA) is 26.3 Å². The van der Waals surface area contributed by atoms with Gasteiger partial charge in [-0.2, -0.15) is 0 Å². The Morgan fingerprint density at radius 2 is 2.00 bits per heavy atom. The zero-order valence-corrected chi connectivity index (χ0v) is 18.7. The van der Waals surface area contributed by atoms with Crippen LogP contribution in [0.1, 0.15) is 63.9 Å². The lowest BCUT2D eigenvalue weighted by atomic mass is 9.68. The highest BCUT2D eigenvalue weighted by Gasteiger charge is 2.32. The number of ether oxygens (including phenoxy) is 1. The van der Waals surface area contributed by atoms with Gasteiger partial charge in [-0.05, 0) is 63.3 Å². The second kappa shape index (κ2) is 9.26. The summed E-state index contributed by atoms with van der Waals surface area (Å²) in [5.74, 6) is 0.922. The fourth-order valence-electron chi connectivity index (χ4n) is 3.82. The minimum absolute atomic E-state index is 0.00559. The van der Waals surface area contributed by atoms with Crippen LogP contribution in [0.15, 0.2) is 72.4 Å². The predicted molar refractivity (Wildman–Crippen MR) is 124 cm³/mol. The van der Waals surface area contributed by atoms with Gasteiger partial charge in [0.1, 0.15) is 5.75 Å². The van der Waals surface area contributed by atoms with Crippen molar-refractivity contribution >= 4 is 11.9 Å². The Hall–Kier alpha value is -2.61. The first-order chi connectivity index (χ1) is 13.6. The molecule has 154 valence electrons. The van der Waals surface area contributed by atoms with Gasteiger partial charge in [-0.3, -0.25) is 4.79 Å². The molecule has 0 heterocycles. The molecule has 29 heavy (non-hydrogen) atoms. The highest BCUT2D eigenvalue weighted by Crippen LogP contribution is 2.45. The SMILES string of the molecule is C=CCC(C)(C(=C)C)C1=CC=C(c2ccc(C=O)c(OC(C)C)c2)C=C(C)C1C. The Balaban J connectivity index is 2.59.